The molecular weight excluding hydrogens is 486 g/mol. The fraction of sp³-hybridized carbons (Fsp3) is 0. The molecule has 0 radical (unpaired) electrons. The molecule has 0 spiro atoms. The van der Waals surface area contributed by atoms with Crippen LogP contribution in [0.3, 0.4) is 0 Å². The molecule has 2 rings (SSSR count). The molecule has 1 aromatic carbocycles. The van der Waals surface area contributed by atoms with Crippen LogP contribution in [0, 0.1) is 3.57 Å². The number of nitrogens with zero attached hydrogens (tertiary/aromatic N) is 1. The van der Waals surface area contributed by atoms with Crippen molar-refractivity contribution in [2.75, 3.05) is 0 Å². The fourth-order valence-corrected chi connectivity index (χ4v) is 3.35. The molecule has 0 saturated carbocycles. The molecule has 0 unspecified atom stereocenters. The van der Waals surface area contributed by atoms with Crippen LogP contribution in [0.2, 0.25) is 30.3 Å². The van der Waals surface area contributed by atoms with Crippen molar-refractivity contribution in [3.63, 3.8) is 0 Å². The number of hydrogen-bond donors (Lipinski definition) is 0. The third kappa shape index (κ3) is 3.05. The molecule has 1 heterocycles. The Morgan fingerprint density at radius 1 is 0.789 bits per heavy atom. The van der Waals surface area contributed by atoms with E-state index >= 15 is 0 Å². The highest BCUT2D eigenvalue weighted by Gasteiger charge is 2.21. The summed E-state index contributed by atoms with van der Waals surface area (Å²) >= 11 is 38.3. The lowest BCUT2D eigenvalue weighted by Crippen LogP contribution is -1.89. The normalized spacial score (nSPS) is 10.9. The van der Waals surface area contributed by atoms with E-state index in [-0.39, 0.29) is 25.1 Å². The first-order valence-corrected chi connectivity index (χ1v) is 8.02. The zero-order valence-electron chi connectivity index (χ0n) is 8.75. The van der Waals surface area contributed by atoms with Crippen molar-refractivity contribution < 1.29 is 0 Å². The Kier molecular flexibility index (Phi) is 5.38. The minimum absolute atomic E-state index is 0.124. The summed E-state index contributed by atoms with van der Waals surface area (Å²) in [5.41, 5.74) is 1.13. The molecule has 0 aliphatic heterocycles. The number of rotatable bonds is 1. The van der Waals surface area contributed by atoms with E-state index in [1.165, 1.54) is 6.20 Å². The Bertz CT molecular complexity index is 644. The van der Waals surface area contributed by atoms with Gasteiger partial charge in [0.25, 0.3) is 0 Å². The lowest BCUT2D eigenvalue weighted by Gasteiger charge is -2.12. The standard InChI is InChI=1S/C11H2Cl6IN/c12-6-5(3-1-4(18)11(17)19-2-3)7(13)9(15)10(16)8(6)14/h1-2H. The molecule has 19 heavy (non-hydrogen) atoms. The number of benzene rings is 1. The van der Waals surface area contributed by atoms with Gasteiger partial charge in [-0.1, -0.05) is 69.6 Å². The summed E-state index contributed by atoms with van der Waals surface area (Å²) in [6.45, 7) is 0. The monoisotopic (exact) mass is 485 g/mol. The quantitative estimate of drug-likeness (QED) is 0.178. The molecule has 1 aromatic heterocycles. The molecule has 0 N–H and O–H groups in total. The van der Waals surface area contributed by atoms with Crippen LogP contribution in [0.4, 0.5) is 0 Å². The summed E-state index contributed by atoms with van der Waals surface area (Å²) in [7, 11) is 0. The highest BCUT2D eigenvalue weighted by molar-refractivity contribution is 14.1. The van der Waals surface area contributed by atoms with Crippen LogP contribution in [0.25, 0.3) is 11.1 Å². The Hall–Kier alpha value is 0.840. The summed E-state index contributed by atoms with van der Waals surface area (Å²) in [6.07, 6.45) is 1.54. The molecule has 8 heteroatoms. The van der Waals surface area contributed by atoms with Crippen molar-refractivity contribution in [3.8, 4) is 11.1 Å². The third-order valence-electron chi connectivity index (χ3n) is 2.29. The molecule has 100 valence electrons. The van der Waals surface area contributed by atoms with Gasteiger partial charge < -0.3 is 0 Å². The molecule has 2 aromatic rings. The Morgan fingerprint density at radius 3 is 1.74 bits per heavy atom. The van der Waals surface area contributed by atoms with Crippen molar-refractivity contribution in [2.24, 2.45) is 0 Å². The molecule has 0 amide bonds. The maximum Gasteiger partial charge on any atom is 0.142 e. The SMILES string of the molecule is Clc1ncc(-c2c(Cl)c(Cl)c(Cl)c(Cl)c2Cl)cc1I. The van der Waals surface area contributed by atoms with Crippen molar-refractivity contribution in [3.05, 3.63) is 46.1 Å². The van der Waals surface area contributed by atoms with Gasteiger partial charge in [0.15, 0.2) is 0 Å². The van der Waals surface area contributed by atoms with Crippen LogP contribution in [0.5, 0.6) is 0 Å². The van der Waals surface area contributed by atoms with Gasteiger partial charge in [0, 0.05) is 17.3 Å². The molecule has 0 aliphatic rings. The summed E-state index contributed by atoms with van der Waals surface area (Å²) in [4.78, 5) is 4.04. The molecule has 0 atom stereocenters. The van der Waals surface area contributed by atoms with Crippen LogP contribution in [-0.4, -0.2) is 4.98 Å². The zero-order valence-corrected chi connectivity index (χ0v) is 15.4. The largest absolute Gasteiger partial charge is 0.243 e. The summed E-state index contributed by atoms with van der Waals surface area (Å²) < 4.78 is 0.756. The number of hydrogen-bond acceptors (Lipinski definition) is 1. The van der Waals surface area contributed by atoms with Gasteiger partial charge in [0.05, 0.1) is 28.7 Å². The highest BCUT2D eigenvalue weighted by atomic mass is 127. The first-order chi connectivity index (χ1) is 8.84. The lowest BCUT2D eigenvalue weighted by atomic mass is 10.1. The molecule has 0 fully saturated rings. The lowest BCUT2D eigenvalue weighted by molar-refractivity contribution is 1.31. The van der Waals surface area contributed by atoms with Crippen LogP contribution in [-0.2, 0) is 0 Å². The average Bonchev–Trinajstić information content (AvgIpc) is 2.38. The van der Waals surface area contributed by atoms with Crippen LogP contribution in [0.15, 0.2) is 12.3 Å². The molecule has 0 bridgehead atoms. The minimum Gasteiger partial charge on any atom is -0.243 e. The maximum atomic E-state index is 6.18. The van der Waals surface area contributed by atoms with Gasteiger partial charge in [-0.3, -0.25) is 0 Å². The van der Waals surface area contributed by atoms with E-state index in [1.807, 2.05) is 0 Å². The highest BCUT2D eigenvalue weighted by Crippen LogP contribution is 2.48. The number of halogens is 7. The molecule has 1 nitrogen and oxygen atoms in total. The van der Waals surface area contributed by atoms with Gasteiger partial charge in [-0.2, -0.15) is 0 Å². The molecule has 0 saturated heterocycles. The first-order valence-electron chi connectivity index (χ1n) is 4.67. The van der Waals surface area contributed by atoms with Crippen LogP contribution >= 0.6 is 92.2 Å². The first kappa shape index (κ1) is 16.2. The van der Waals surface area contributed by atoms with E-state index in [9.17, 15) is 0 Å². The third-order valence-corrected chi connectivity index (χ3v) is 6.01. The van der Waals surface area contributed by atoms with Gasteiger partial charge >= 0.3 is 0 Å². The second-order valence-corrected chi connectivity index (χ2v) is 6.85. The Labute approximate surface area is 153 Å². The van der Waals surface area contributed by atoms with E-state index in [4.69, 9.17) is 69.6 Å². The minimum atomic E-state index is 0.124. The van der Waals surface area contributed by atoms with Crippen molar-refractivity contribution in [1.82, 2.24) is 4.98 Å². The Balaban J connectivity index is 2.79. The fourth-order valence-electron chi connectivity index (χ4n) is 1.42. The van der Waals surface area contributed by atoms with E-state index in [0.717, 1.165) is 3.57 Å². The zero-order chi connectivity index (χ0) is 14.3. The average molecular weight is 488 g/mol. The van der Waals surface area contributed by atoms with Crippen molar-refractivity contribution in [1.29, 1.82) is 0 Å². The van der Waals surface area contributed by atoms with Gasteiger partial charge in [-0.15, -0.1) is 0 Å². The van der Waals surface area contributed by atoms with E-state index in [2.05, 4.69) is 27.6 Å². The van der Waals surface area contributed by atoms with E-state index in [0.29, 0.717) is 16.3 Å². The van der Waals surface area contributed by atoms with Gasteiger partial charge in [-0.05, 0) is 28.7 Å². The van der Waals surface area contributed by atoms with E-state index in [1.54, 1.807) is 6.07 Å². The molecular formula is C11H2Cl6IN. The van der Waals surface area contributed by atoms with Gasteiger partial charge in [-0.25, -0.2) is 4.98 Å². The maximum absolute atomic E-state index is 6.18. The summed E-state index contributed by atoms with van der Waals surface area (Å²) in [6, 6.07) is 1.78. The summed E-state index contributed by atoms with van der Waals surface area (Å²) in [5, 5.41) is 1.26. The van der Waals surface area contributed by atoms with E-state index < -0.39 is 0 Å². The second kappa shape index (κ2) is 6.30. The van der Waals surface area contributed by atoms with Crippen LogP contribution < -0.4 is 0 Å². The van der Waals surface area contributed by atoms with Gasteiger partial charge in [0.1, 0.15) is 5.15 Å². The van der Waals surface area contributed by atoms with Crippen molar-refractivity contribution in [2.45, 2.75) is 0 Å². The van der Waals surface area contributed by atoms with Crippen LogP contribution in [0.1, 0.15) is 0 Å². The smallest absolute Gasteiger partial charge is 0.142 e. The number of pyridine rings is 1. The second-order valence-electron chi connectivity index (χ2n) is 3.44. The summed E-state index contributed by atoms with van der Waals surface area (Å²) in [5.74, 6) is 0. The molecule has 0 aliphatic carbocycles. The van der Waals surface area contributed by atoms with Gasteiger partial charge in [0.2, 0.25) is 0 Å². The number of aromatic nitrogens is 1. The predicted molar refractivity (Wildman–Crippen MR) is 92.4 cm³/mol. The topological polar surface area (TPSA) is 12.9 Å². The Morgan fingerprint density at radius 2 is 1.26 bits per heavy atom. The predicted octanol–water partition coefficient (Wildman–Crippen LogP) is 7.27. The van der Waals surface area contributed by atoms with Crippen molar-refractivity contribution >= 4 is 92.2 Å².